The Morgan fingerprint density at radius 3 is 1.21 bits per heavy atom. The summed E-state index contributed by atoms with van der Waals surface area (Å²) in [6.07, 6.45) is 0. The molecular formula is C29H28N2O2. The molecule has 0 amide bonds. The number of para-hydroxylation sites is 2. The van der Waals surface area contributed by atoms with Gasteiger partial charge in [-0.15, -0.1) is 0 Å². The molecule has 4 aromatic carbocycles. The average Bonchev–Trinajstić information content (AvgIpc) is 3.30. The van der Waals surface area contributed by atoms with Crippen LogP contribution in [0.25, 0.3) is 0 Å². The topological polar surface area (TPSA) is 24.9 Å². The summed E-state index contributed by atoms with van der Waals surface area (Å²) < 4.78 is 10.9. The Kier molecular flexibility index (Phi) is 5.90. The molecule has 1 aliphatic rings. The molecule has 1 fully saturated rings. The molecule has 2 atom stereocenters. The van der Waals surface area contributed by atoms with Gasteiger partial charge in [0.25, 0.3) is 0 Å². The Morgan fingerprint density at radius 1 is 0.515 bits per heavy atom. The summed E-state index contributed by atoms with van der Waals surface area (Å²) in [5.74, 6) is 1.73. The van der Waals surface area contributed by atoms with Crippen molar-refractivity contribution in [3.8, 4) is 11.5 Å². The molecule has 5 rings (SSSR count). The number of benzene rings is 4. The molecule has 0 spiro atoms. The van der Waals surface area contributed by atoms with Crippen molar-refractivity contribution >= 4 is 11.4 Å². The van der Waals surface area contributed by atoms with Crippen molar-refractivity contribution in [2.75, 3.05) is 30.7 Å². The lowest BCUT2D eigenvalue weighted by Crippen LogP contribution is -2.26. The molecular weight excluding hydrogens is 408 g/mol. The summed E-state index contributed by atoms with van der Waals surface area (Å²) in [4.78, 5) is 4.98. The van der Waals surface area contributed by atoms with Crippen LogP contribution < -0.4 is 19.3 Å². The van der Waals surface area contributed by atoms with Crippen LogP contribution in [0.2, 0.25) is 0 Å². The Bertz CT molecular complexity index is 1070. The summed E-state index contributed by atoms with van der Waals surface area (Å²) in [5, 5.41) is 0. The van der Waals surface area contributed by atoms with E-state index < -0.39 is 0 Å². The average molecular weight is 437 g/mol. The maximum atomic E-state index is 5.43. The molecule has 0 N–H and O–H groups in total. The van der Waals surface area contributed by atoms with Crippen LogP contribution in [-0.2, 0) is 0 Å². The Hall–Kier alpha value is -3.92. The molecule has 1 saturated heterocycles. The fourth-order valence-electron chi connectivity index (χ4n) is 4.73. The van der Waals surface area contributed by atoms with Crippen LogP contribution in [-0.4, -0.2) is 20.9 Å². The van der Waals surface area contributed by atoms with Gasteiger partial charge >= 0.3 is 0 Å². The maximum Gasteiger partial charge on any atom is 0.118 e. The van der Waals surface area contributed by atoms with E-state index in [4.69, 9.17) is 9.47 Å². The van der Waals surface area contributed by atoms with Gasteiger partial charge in [-0.2, -0.15) is 0 Å². The molecule has 2 unspecified atom stereocenters. The molecule has 0 radical (unpaired) electrons. The summed E-state index contributed by atoms with van der Waals surface area (Å²) >= 11 is 0. The van der Waals surface area contributed by atoms with E-state index in [0.717, 1.165) is 18.2 Å². The highest BCUT2D eigenvalue weighted by molar-refractivity contribution is 5.61. The third kappa shape index (κ3) is 4.12. The van der Waals surface area contributed by atoms with Gasteiger partial charge in [0, 0.05) is 11.4 Å². The molecule has 0 aromatic heterocycles. The van der Waals surface area contributed by atoms with Crippen molar-refractivity contribution in [2.45, 2.75) is 12.1 Å². The lowest BCUT2D eigenvalue weighted by Gasteiger charge is -2.31. The molecule has 0 saturated carbocycles. The quantitative estimate of drug-likeness (QED) is 0.346. The Labute approximate surface area is 195 Å². The highest BCUT2D eigenvalue weighted by Crippen LogP contribution is 2.48. The van der Waals surface area contributed by atoms with Crippen LogP contribution in [0.3, 0.4) is 0 Å². The molecule has 166 valence electrons. The van der Waals surface area contributed by atoms with Crippen LogP contribution in [0.5, 0.6) is 11.5 Å². The van der Waals surface area contributed by atoms with Crippen molar-refractivity contribution < 1.29 is 9.47 Å². The molecule has 1 aliphatic heterocycles. The normalized spacial score (nSPS) is 17.8. The zero-order chi connectivity index (χ0) is 22.6. The van der Waals surface area contributed by atoms with E-state index in [1.54, 1.807) is 14.2 Å². The molecule has 4 heteroatoms. The van der Waals surface area contributed by atoms with Crippen molar-refractivity contribution in [3.63, 3.8) is 0 Å². The monoisotopic (exact) mass is 436 g/mol. The fourth-order valence-corrected chi connectivity index (χ4v) is 4.73. The van der Waals surface area contributed by atoms with Gasteiger partial charge in [0.2, 0.25) is 0 Å². The Balaban J connectivity index is 1.67. The molecule has 4 nitrogen and oxygen atoms in total. The first-order valence-corrected chi connectivity index (χ1v) is 11.2. The van der Waals surface area contributed by atoms with Gasteiger partial charge in [0.15, 0.2) is 0 Å². The lowest BCUT2D eigenvalue weighted by atomic mass is 9.92. The number of rotatable bonds is 6. The standard InChI is InChI=1S/C29H28N2O2/c1-32-26-17-13-22(14-18-26)28-29(23-15-19-27(33-2)20-16-23)31(25-11-7-4-8-12-25)21-30(28)24-9-5-3-6-10-24/h3-20,28-29H,21H2,1-2H3. The molecule has 0 bridgehead atoms. The van der Waals surface area contributed by atoms with Gasteiger partial charge < -0.3 is 19.3 Å². The van der Waals surface area contributed by atoms with Crippen molar-refractivity contribution in [1.82, 2.24) is 0 Å². The first-order valence-electron chi connectivity index (χ1n) is 11.2. The second-order valence-electron chi connectivity index (χ2n) is 8.19. The summed E-state index contributed by atoms with van der Waals surface area (Å²) in [5.41, 5.74) is 4.91. The minimum atomic E-state index is 0.118. The van der Waals surface area contributed by atoms with E-state index in [-0.39, 0.29) is 12.1 Å². The fraction of sp³-hybridized carbons (Fsp3) is 0.172. The number of anilines is 2. The molecule has 0 aliphatic carbocycles. The molecule has 33 heavy (non-hydrogen) atoms. The molecule has 4 aromatic rings. The zero-order valence-corrected chi connectivity index (χ0v) is 19.0. The number of nitrogens with zero attached hydrogens (tertiary/aromatic N) is 2. The summed E-state index contributed by atoms with van der Waals surface area (Å²) in [6, 6.07) is 38.5. The predicted octanol–water partition coefficient (Wildman–Crippen LogP) is 6.47. The van der Waals surface area contributed by atoms with E-state index in [9.17, 15) is 0 Å². The minimum Gasteiger partial charge on any atom is -0.497 e. The van der Waals surface area contributed by atoms with Gasteiger partial charge in [-0.25, -0.2) is 0 Å². The number of hydrogen-bond donors (Lipinski definition) is 0. The van der Waals surface area contributed by atoms with Gasteiger partial charge in [-0.05, 0) is 59.7 Å². The Morgan fingerprint density at radius 2 is 0.879 bits per heavy atom. The smallest absolute Gasteiger partial charge is 0.118 e. The van der Waals surface area contributed by atoms with Crippen LogP contribution in [0, 0.1) is 0 Å². The van der Waals surface area contributed by atoms with Gasteiger partial charge in [-0.3, -0.25) is 0 Å². The third-order valence-corrected chi connectivity index (χ3v) is 6.37. The SMILES string of the molecule is COc1ccc(C2C(c3ccc(OC)cc3)N(c3ccccc3)CN2c2ccccc2)cc1. The first kappa shape index (κ1) is 21.0. The van der Waals surface area contributed by atoms with Gasteiger partial charge in [-0.1, -0.05) is 60.7 Å². The second kappa shape index (κ2) is 9.29. The molecule has 1 heterocycles. The predicted molar refractivity (Wildman–Crippen MR) is 134 cm³/mol. The van der Waals surface area contributed by atoms with Gasteiger partial charge in [0.05, 0.1) is 33.0 Å². The van der Waals surface area contributed by atoms with E-state index in [0.29, 0.717) is 0 Å². The van der Waals surface area contributed by atoms with Crippen LogP contribution >= 0.6 is 0 Å². The largest absolute Gasteiger partial charge is 0.497 e. The van der Waals surface area contributed by atoms with E-state index in [1.807, 2.05) is 0 Å². The van der Waals surface area contributed by atoms with Crippen molar-refractivity contribution in [2.24, 2.45) is 0 Å². The highest BCUT2D eigenvalue weighted by Gasteiger charge is 2.42. The van der Waals surface area contributed by atoms with Gasteiger partial charge in [0.1, 0.15) is 11.5 Å². The number of hydrogen-bond acceptors (Lipinski definition) is 4. The van der Waals surface area contributed by atoms with Crippen molar-refractivity contribution in [3.05, 3.63) is 120 Å². The van der Waals surface area contributed by atoms with Crippen LogP contribution in [0.4, 0.5) is 11.4 Å². The number of ether oxygens (including phenoxy) is 2. The van der Waals surface area contributed by atoms with Crippen LogP contribution in [0.15, 0.2) is 109 Å². The summed E-state index contributed by atoms with van der Waals surface area (Å²) in [7, 11) is 3.41. The lowest BCUT2D eigenvalue weighted by molar-refractivity contribution is 0.414. The van der Waals surface area contributed by atoms with Crippen molar-refractivity contribution in [1.29, 1.82) is 0 Å². The number of methoxy groups -OCH3 is 2. The second-order valence-corrected chi connectivity index (χ2v) is 8.19. The maximum absolute atomic E-state index is 5.43. The van der Waals surface area contributed by atoms with E-state index in [1.165, 1.54) is 22.5 Å². The first-order chi connectivity index (χ1) is 16.3. The minimum absolute atomic E-state index is 0.118. The summed E-state index contributed by atoms with van der Waals surface area (Å²) in [6.45, 7) is 0.779. The van der Waals surface area contributed by atoms with Crippen LogP contribution in [0.1, 0.15) is 23.2 Å². The van der Waals surface area contributed by atoms with E-state index in [2.05, 4.69) is 119 Å². The zero-order valence-electron chi connectivity index (χ0n) is 19.0. The third-order valence-electron chi connectivity index (χ3n) is 6.37. The van der Waals surface area contributed by atoms with E-state index >= 15 is 0 Å². The highest BCUT2D eigenvalue weighted by atomic mass is 16.5.